The largest absolute Gasteiger partial charge is 0.496 e. The van der Waals surface area contributed by atoms with Crippen molar-refractivity contribution in [1.82, 2.24) is 4.98 Å². The third-order valence-corrected chi connectivity index (χ3v) is 3.36. The van der Waals surface area contributed by atoms with Gasteiger partial charge < -0.3 is 9.47 Å². The van der Waals surface area contributed by atoms with E-state index in [1.807, 2.05) is 25.1 Å². The molecule has 1 aromatic carbocycles. The first-order valence-corrected chi connectivity index (χ1v) is 6.22. The van der Waals surface area contributed by atoms with Gasteiger partial charge in [-0.05, 0) is 24.6 Å². The Balaban J connectivity index is 2.42. The van der Waals surface area contributed by atoms with E-state index in [1.54, 1.807) is 12.5 Å². The second kappa shape index (κ2) is 5.18. The number of aryl methyl sites for hydroxylation is 1. The van der Waals surface area contributed by atoms with Gasteiger partial charge in [-0.25, -0.2) is 9.78 Å². The monoisotopic (exact) mass is 263 g/mol. The van der Waals surface area contributed by atoms with Crippen LogP contribution in [0.4, 0.5) is 0 Å². The van der Waals surface area contributed by atoms with Gasteiger partial charge in [-0.3, -0.25) is 0 Å². The van der Waals surface area contributed by atoms with Gasteiger partial charge >= 0.3 is 5.97 Å². The number of carbonyl (C=O) groups excluding carboxylic acids is 1. The highest BCUT2D eigenvalue weighted by molar-refractivity contribution is 7.13. The van der Waals surface area contributed by atoms with Gasteiger partial charge in [0, 0.05) is 5.38 Å². The highest BCUT2D eigenvalue weighted by atomic mass is 32.1. The van der Waals surface area contributed by atoms with Crippen LogP contribution in [0.3, 0.4) is 0 Å². The van der Waals surface area contributed by atoms with Crippen LogP contribution in [-0.4, -0.2) is 25.2 Å². The average Bonchev–Trinajstić information content (AvgIpc) is 2.87. The molecule has 0 N–H and O–H groups in total. The molecule has 0 atom stereocenters. The molecule has 4 nitrogen and oxygen atoms in total. The number of ether oxygens (including phenoxy) is 2. The van der Waals surface area contributed by atoms with Crippen LogP contribution in [-0.2, 0) is 4.74 Å². The topological polar surface area (TPSA) is 48.4 Å². The summed E-state index contributed by atoms with van der Waals surface area (Å²) in [6.07, 6.45) is 0. The van der Waals surface area contributed by atoms with Gasteiger partial charge in [0.05, 0.1) is 19.8 Å². The minimum Gasteiger partial charge on any atom is -0.496 e. The summed E-state index contributed by atoms with van der Waals surface area (Å²) in [6.45, 7) is 1.99. The Kier molecular flexibility index (Phi) is 3.62. The Morgan fingerprint density at radius 1 is 1.33 bits per heavy atom. The van der Waals surface area contributed by atoms with Crippen LogP contribution < -0.4 is 4.74 Å². The average molecular weight is 263 g/mol. The number of nitrogens with zero attached hydrogens (tertiary/aromatic N) is 1. The number of rotatable bonds is 3. The van der Waals surface area contributed by atoms with Gasteiger partial charge in [0.2, 0.25) is 0 Å². The van der Waals surface area contributed by atoms with E-state index in [0.717, 1.165) is 21.9 Å². The van der Waals surface area contributed by atoms with Gasteiger partial charge in [-0.1, -0.05) is 6.07 Å². The predicted octanol–water partition coefficient (Wildman–Crippen LogP) is 2.91. The molecule has 94 valence electrons. The molecule has 0 radical (unpaired) electrons. The molecule has 0 bridgehead atoms. The van der Waals surface area contributed by atoms with E-state index in [-0.39, 0.29) is 0 Å². The number of carbonyl (C=O) groups is 1. The SMILES string of the molecule is COC(=O)c1csc(-c2ccc(C)cc2OC)n1. The number of methoxy groups -OCH3 is 2. The zero-order chi connectivity index (χ0) is 13.1. The maximum atomic E-state index is 11.4. The second-order valence-corrected chi connectivity index (χ2v) is 4.59. The third kappa shape index (κ3) is 2.36. The van der Waals surface area contributed by atoms with Crippen LogP contribution in [0.1, 0.15) is 16.1 Å². The van der Waals surface area contributed by atoms with E-state index in [1.165, 1.54) is 18.4 Å². The standard InChI is InChI=1S/C13H13NO3S/c1-8-4-5-9(11(6-8)16-2)12-14-10(7-18-12)13(15)17-3/h4-7H,1-3H3. The molecule has 0 aliphatic heterocycles. The number of hydrogen-bond acceptors (Lipinski definition) is 5. The van der Waals surface area contributed by atoms with Crippen molar-refractivity contribution in [3.05, 3.63) is 34.8 Å². The molecule has 0 aliphatic rings. The number of hydrogen-bond donors (Lipinski definition) is 0. The van der Waals surface area contributed by atoms with Gasteiger partial charge in [0.15, 0.2) is 5.69 Å². The van der Waals surface area contributed by atoms with Crippen molar-refractivity contribution in [2.45, 2.75) is 6.92 Å². The zero-order valence-electron chi connectivity index (χ0n) is 10.4. The number of esters is 1. The van der Waals surface area contributed by atoms with Crippen LogP contribution in [0, 0.1) is 6.92 Å². The molecule has 0 saturated heterocycles. The Morgan fingerprint density at radius 3 is 2.78 bits per heavy atom. The minimum absolute atomic E-state index is 0.320. The fourth-order valence-corrected chi connectivity index (χ4v) is 2.39. The second-order valence-electron chi connectivity index (χ2n) is 3.73. The summed E-state index contributed by atoms with van der Waals surface area (Å²) in [5.74, 6) is 0.323. The smallest absolute Gasteiger partial charge is 0.357 e. The van der Waals surface area contributed by atoms with Crippen molar-refractivity contribution in [3.63, 3.8) is 0 Å². The lowest BCUT2D eigenvalue weighted by atomic mass is 10.1. The lowest BCUT2D eigenvalue weighted by Crippen LogP contribution is -2.01. The molecule has 0 spiro atoms. The van der Waals surface area contributed by atoms with Crippen molar-refractivity contribution in [2.24, 2.45) is 0 Å². The van der Waals surface area contributed by atoms with Crippen molar-refractivity contribution < 1.29 is 14.3 Å². The van der Waals surface area contributed by atoms with E-state index >= 15 is 0 Å². The van der Waals surface area contributed by atoms with Gasteiger partial charge in [-0.15, -0.1) is 11.3 Å². The van der Waals surface area contributed by atoms with Crippen LogP contribution >= 0.6 is 11.3 Å². The molecule has 18 heavy (non-hydrogen) atoms. The maximum absolute atomic E-state index is 11.4. The lowest BCUT2D eigenvalue weighted by molar-refractivity contribution is 0.0595. The molecular weight excluding hydrogens is 250 g/mol. The first-order valence-electron chi connectivity index (χ1n) is 5.34. The van der Waals surface area contributed by atoms with E-state index in [9.17, 15) is 4.79 Å². The molecule has 5 heteroatoms. The van der Waals surface area contributed by atoms with Crippen molar-refractivity contribution in [3.8, 4) is 16.3 Å². The number of benzene rings is 1. The van der Waals surface area contributed by atoms with Crippen molar-refractivity contribution in [2.75, 3.05) is 14.2 Å². The van der Waals surface area contributed by atoms with E-state index in [0.29, 0.717) is 5.69 Å². The van der Waals surface area contributed by atoms with Gasteiger partial charge in [0.1, 0.15) is 10.8 Å². The van der Waals surface area contributed by atoms with Crippen molar-refractivity contribution >= 4 is 17.3 Å². The fraction of sp³-hybridized carbons (Fsp3) is 0.231. The first-order chi connectivity index (χ1) is 8.65. The summed E-state index contributed by atoms with van der Waals surface area (Å²) in [4.78, 5) is 15.6. The van der Waals surface area contributed by atoms with Crippen LogP contribution in [0.15, 0.2) is 23.6 Å². The lowest BCUT2D eigenvalue weighted by Gasteiger charge is -2.06. The van der Waals surface area contributed by atoms with Crippen LogP contribution in [0.25, 0.3) is 10.6 Å². The van der Waals surface area contributed by atoms with E-state index in [4.69, 9.17) is 4.74 Å². The summed E-state index contributed by atoms with van der Waals surface area (Å²) >= 11 is 1.39. The highest BCUT2D eigenvalue weighted by Crippen LogP contribution is 2.32. The first kappa shape index (κ1) is 12.6. The zero-order valence-corrected chi connectivity index (χ0v) is 11.2. The normalized spacial score (nSPS) is 10.2. The molecule has 0 aliphatic carbocycles. The van der Waals surface area contributed by atoms with Gasteiger partial charge in [0.25, 0.3) is 0 Å². The Labute approximate surface area is 109 Å². The molecule has 0 saturated carbocycles. The Hall–Kier alpha value is -1.88. The minimum atomic E-state index is -0.427. The number of thiazole rings is 1. The van der Waals surface area contributed by atoms with E-state index in [2.05, 4.69) is 9.72 Å². The van der Waals surface area contributed by atoms with Gasteiger partial charge in [-0.2, -0.15) is 0 Å². The summed E-state index contributed by atoms with van der Waals surface area (Å²) < 4.78 is 9.96. The summed E-state index contributed by atoms with van der Waals surface area (Å²) in [7, 11) is 2.96. The van der Waals surface area contributed by atoms with Crippen molar-refractivity contribution in [1.29, 1.82) is 0 Å². The predicted molar refractivity (Wildman–Crippen MR) is 70.2 cm³/mol. The summed E-state index contributed by atoms with van der Waals surface area (Å²) in [5, 5.41) is 2.42. The van der Waals surface area contributed by atoms with Crippen LogP contribution in [0.2, 0.25) is 0 Å². The summed E-state index contributed by atoms with van der Waals surface area (Å²) in [6, 6.07) is 5.86. The molecule has 0 unspecified atom stereocenters. The van der Waals surface area contributed by atoms with Crippen LogP contribution in [0.5, 0.6) is 5.75 Å². The Morgan fingerprint density at radius 2 is 2.11 bits per heavy atom. The maximum Gasteiger partial charge on any atom is 0.357 e. The quantitative estimate of drug-likeness (QED) is 0.799. The number of aromatic nitrogens is 1. The molecule has 1 heterocycles. The highest BCUT2D eigenvalue weighted by Gasteiger charge is 2.14. The Bertz CT molecular complexity index is 577. The molecule has 2 aromatic rings. The third-order valence-electron chi connectivity index (χ3n) is 2.49. The molecular formula is C13H13NO3S. The molecule has 0 fully saturated rings. The molecule has 2 rings (SSSR count). The van der Waals surface area contributed by atoms with E-state index < -0.39 is 5.97 Å². The summed E-state index contributed by atoms with van der Waals surface area (Å²) in [5.41, 5.74) is 2.31. The fourth-order valence-electron chi connectivity index (χ4n) is 1.57. The molecule has 1 aromatic heterocycles. The molecule has 0 amide bonds.